The number of aryl methyl sites for hydroxylation is 1. The Labute approximate surface area is 120 Å². The first kappa shape index (κ1) is 17.1. The van der Waals surface area contributed by atoms with Gasteiger partial charge in [0.15, 0.2) is 12.4 Å². The predicted octanol–water partition coefficient (Wildman–Crippen LogP) is -0.562. The number of halogens is 1. The van der Waals surface area contributed by atoms with Crippen molar-refractivity contribution in [1.29, 1.82) is 0 Å². The summed E-state index contributed by atoms with van der Waals surface area (Å²) in [6, 6.07) is 3.55. The number of carbonyl (C=O) groups excluding carboxylic acids is 1. The molecule has 3 nitrogen and oxygen atoms in total. The third kappa shape index (κ3) is 6.74. The lowest BCUT2D eigenvalue weighted by Gasteiger charge is -1.99. The van der Waals surface area contributed by atoms with E-state index in [2.05, 4.69) is 11.5 Å². The van der Waals surface area contributed by atoms with Crippen LogP contribution in [0.2, 0.25) is 0 Å². The van der Waals surface area contributed by atoms with Gasteiger partial charge in [-0.2, -0.15) is 0 Å². The molecule has 0 saturated heterocycles. The molecule has 1 aromatic heterocycles. The normalized spacial score (nSPS) is 9.83. The molecule has 4 heteroatoms. The van der Waals surface area contributed by atoms with Gasteiger partial charge in [0.2, 0.25) is 5.91 Å². The van der Waals surface area contributed by atoms with Crippen molar-refractivity contribution in [3.63, 3.8) is 0 Å². The maximum absolute atomic E-state index is 10.9. The maximum atomic E-state index is 10.9. The summed E-state index contributed by atoms with van der Waals surface area (Å²) in [4.78, 5) is 10.9. The Balaban J connectivity index is 0.00000289. The van der Waals surface area contributed by atoms with Gasteiger partial charge in [0, 0.05) is 18.6 Å². The van der Waals surface area contributed by atoms with Gasteiger partial charge in [0.05, 0.1) is 5.56 Å². The zero-order valence-corrected chi connectivity index (χ0v) is 12.7. The molecule has 102 valence electrons. The minimum Gasteiger partial charge on any atom is -1.00 e. The molecule has 0 aliphatic carbocycles. The van der Waals surface area contributed by atoms with Crippen molar-refractivity contribution in [2.24, 2.45) is 5.73 Å². The van der Waals surface area contributed by atoms with E-state index < -0.39 is 0 Å². The van der Waals surface area contributed by atoms with Crippen LogP contribution in [-0.4, -0.2) is 5.91 Å². The summed E-state index contributed by atoms with van der Waals surface area (Å²) in [6.07, 6.45) is 11.6. The molecule has 0 aliphatic heterocycles. The molecule has 1 heterocycles. The summed E-state index contributed by atoms with van der Waals surface area (Å²) >= 11 is 0. The van der Waals surface area contributed by atoms with Crippen LogP contribution in [0.15, 0.2) is 24.5 Å². The molecular formula is C14H23BrN2O. The molecule has 1 aromatic rings. The van der Waals surface area contributed by atoms with E-state index >= 15 is 0 Å². The number of rotatable bonds is 8. The Morgan fingerprint density at radius 1 is 1.11 bits per heavy atom. The van der Waals surface area contributed by atoms with Gasteiger partial charge in [0.1, 0.15) is 6.54 Å². The van der Waals surface area contributed by atoms with Crippen LogP contribution in [0.25, 0.3) is 0 Å². The molecule has 1 amide bonds. The molecule has 0 aliphatic rings. The largest absolute Gasteiger partial charge is 1.00 e. The minimum atomic E-state index is -0.364. The standard InChI is InChI=1S/C14H22N2O.BrH/c1-2-3-4-5-6-7-10-16-11-8-13(9-12-16)14(15)17;/h8-9,11-12H,2-7,10H2,1H3,(H-,15,17);1H. The van der Waals surface area contributed by atoms with E-state index in [1.807, 2.05) is 12.4 Å². The average Bonchev–Trinajstić information content (AvgIpc) is 2.34. The fourth-order valence-electron chi connectivity index (χ4n) is 1.85. The number of primary amides is 1. The Hall–Kier alpha value is -0.900. The highest BCUT2D eigenvalue weighted by molar-refractivity contribution is 5.92. The number of aromatic nitrogens is 1. The number of hydrogen-bond donors (Lipinski definition) is 1. The van der Waals surface area contributed by atoms with Gasteiger partial charge in [-0.25, -0.2) is 4.57 Å². The topological polar surface area (TPSA) is 47.0 Å². The SMILES string of the molecule is CCCCCCCC[n+]1ccc(C(N)=O)cc1.[Br-]. The van der Waals surface area contributed by atoms with Gasteiger partial charge in [-0.05, 0) is 6.42 Å². The van der Waals surface area contributed by atoms with E-state index in [9.17, 15) is 4.79 Å². The smallest absolute Gasteiger partial charge is 0.249 e. The highest BCUT2D eigenvalue weighted by atomic mass is 79.9. The van der Waals surface area contributed by atoms with Gasteiger partial charge in [0.25, 0.3) is 0 Å². The fourth-order valence-corrected chi connectivity index (χ4v) is 1.85. The number of nitrogens with zero attached hydrogens (tertiary/aromatic N) is 1. The van der Waals surface area contributed by atoms with Gasteiger partial charge in [-0.15, -0.1) is 0 Å². The zero-order valence-electron chi connectivity index (χ0n) is 11.1. The molecule has 0 unspecified atom stereocenters. The molecule has 0 atom stereocenters. The van der Waals surface area contributed by atoms with E-state index in [1.165, 1.54) is 38.5 Å². The summed E-state index contributed by atoms with van der Waals surface area (Å²) in [7, 11) is 0. The first-order valence-electron chi connectivity index (χ1n) is 6.53. The lowest BCUT2D eigenvalue weighted by Crippen LogP contribution is -3.00. The monoisotopic (exact) mass is 314 g/mol. The van der Waals surface area contributed by atoms with Gasteiger partial charge < -0.3 is 22.7 Å². The van der Waals surface area contributed by atoms with Crippen molar-refractivity contribution in [1.82, 2.24) is 0 Å². The van der Waals surface area contributed by atoms with Crippen molar-refractivity contribution < 1.29 is 26.3 Å². The quantitative estimate of drug-likeness (QED) is 0.507. The lowest BCUT2D eigenvalue weighted by atomic mass is 10.1. The summed E-state index contributed by atoms with van der Waals surface area (Å²) in [5.41, 5.74) is 5.76. The third-order valence-electron chi connectivity index (χ3n) is 2.95. The van der Waals surface area contributed by atoms with Crippen LogP contribution in [-0.2, 0) is 6.54 Å². The molecule has 2 N–H and O–H groups in total. The maximum Gasteiger partial charge on any atom is 0.249 e. The van der Waals surface area contributed by atoms with Crippen LogP contribution in [0.3, 0.4) is 0 Å². The van der Waals surface area contributed by atoms with E-state index in [0.717, 1.165) is 6.54 Å². The molecule has 18 heavy (non-hydrogen) atoms. The number of amides is 1. The second-order valence-electron chi connectivity index (χ2n) is 4.46. The number of unbranched alkanes of at least 4 members (excludes halogenated alkanes) is 5. The number of carbonyl (C=O) groups is 1. The van der Waals surface area contributed by atoms with Crippen LogP contribution in [0, 0.1) is 0 Å². The summed E-state index contributed by atoms with van der Waals surface area (Å²) < 4.78 is 2.10. The van der Waals surface area contributed by atoms with Crippen molar-refractivity contribution >= 4 is 5.91 Å². The molecule has 0 saturated carbocycles. The van der Waals surface area contributed by atoms with Gasteiger partial charge >= 0.3 is 0 Å². The first-order chi connectivity index (χ1) is 8.24. The van der Waals surface area contributed by atoms with E-state index in [0.29, 0.717) is 5.56 Å². The van der Waals surface area contributed by atoms with Crippen molar-refractivity contribution in [2.45, 2.75) is 52.0 Å². The van der Waals surface area contributed by atoms with E-state index in [-0.39, 0.29) is 22.9 Å². The average molecular weight is 315 g/mol. The summed E-state index contributed by atoms with van der Waals surface area (Å²) in [5, 5.41) is 0. The molecular weight excluding hydrogens is 292 g/mol. The highest BCUT2D eigenvalue weighted by Gasteiger charge is 2.03. The molecule has 0 radical (unpaired) electrons. The highest BCUT2D eigenvalue weighted by Crippen LogP contribution is 2.04. The molecule has 0 spiro atoms. The van der Waals surface area contributed by atoms with Crippen molar-refractivity contribution in [2.75, 3.05) is 0 Å². The van der Waals surface area contributed by atoms with Gasteiger partial charge in [-0.1, -0.05) is 32.6 Å². The van der Waals surface area contributed by atoms with Gasteiger partial charge in [-0.3, -0.25) is 4.79 Å². The lowest BCUT2D eigenvalue weighted by molar-refractivity contribution is -0.697. The number of hydrogen-bond acceptors (Lipinski definition) is 1. The van der Waals surface area contributed by atoms with Crippen LogP contribution in [0.4, 0.5) is 0 Å². The molecule has 1 rings (SSSR count). The first-order valence-corrected chi connectivity index (χ1v) is 6.53. The zero-order chi connectivity index (χ0) is 12.5. The minimum absolute atomic E-state index is 0. The third-order valence-corrected chi connectivity index (χ3v) is 2.95. The van der Waals surface area contributed by atoms with Crippen LogP contribution >= 0.6 is 0 Å². The van der Waals surface area contributed by atoms with E-state index in [4.69, 9.17) is 5.73 Å². The second kappa shape index (κ2) is 10.1. The van der Waals surface area contributed by atoms with Crippen LogP contribution < -0.4 is 27.3 Å². The van der Waals surface area contributed by atoms with Crippen molar-refractivity contribution in [3.05, 3.63) is 30.1 Å². The number of pyridine rings is 1. The molecule has 0 aromatic carbocycles. The number of nitrogens with two attached hydrogens (primary N) is 1. The Morgan fingerprint density at radius 3 is 2.22 bits per heavy atom. The predicted molar refractivity (Wildman–Crippen MR) is 68.5 cm³/mol. The molecule has 0 fully saturated rings. The Kier molecular flexibility index (Phi) is 9.56. The van der Waals surface area contributed by atoms with Crippen molar-refractivity contribution in [3.8, 4) is 0 Å². The van der Waals surface area contributed by atoms with Crippen LogP contribution in [0.1, 0.15) is 55.8 Å². The fraction of sp³-hybridized carbons (Fsp3) is 0.571. The van der Waals surface area contributed by atoms with Crippen LogP contribution in [0.5, 0.6) is 0 Å². The second-order valence-corrected chi connectivity index (χ2v) is 4.46. The Morgan fingerprint density at radius 2 is 1.67 bits per heavy atom. The van der Waals surface area contributed by atoms with E-state index in [1.54, 1.807) is 12.1 Å². The molecule has 0 bridgehead atoms. The summed E-state index contributed by atoms with van der Waals surface area (Å²) in [5.74, 6) is -0.364. The summed E-state index contributed by atoms with van der Waals surface area (Å²) in [6.45, 7) is 3.25. The Bertz CT molecular complexity index is 338.